The number of nitrogens with zero attached hydrogens (tertiary/aromatic N) is 1. The zero-order chi connectivity index (χ0) is 20.0. The van der Waals surface area contributed by atoms with Gasteiger partial charge in [0.1, 0.15) is 6.54 Å². The van der Waals surface area contributed by atoms with Crippen LogP contribution < -0.4 is 15.2 Å². The van der Waals surface area contributed by atoms with Gasteiger partial charge in [-0.25, -0.2) is 8.42 Å². The zero-order valence-corrected chi connectivity index (χ0v) is 16.3. The van der Waals surface area contributed by atoms with Crippen LogP contribution in [0.15, 0.2) is 48.5 Å². The van der Waals surface area contributed by atoms with E-state index in [2.05, 4.69) is 10.9 Å². The van der Waals surface area contributed by atoms with Crippen molar-refractivity contribution in [2.75, 3.05) is 17.1 Å². The number of hydrogen-bond acceptors (Lipinski definition) is 4. The predicted octanol–water partition coefficient (Wildman–Crippen LogP) is 1.78. The van der Waals surface area contributed by atoms with Gasteiger partial charge in [-0.3, -0.25) is 24.7 Å². The highest BCUT2D eigenvalue weighted by atomic mass is 32.2. The van der Waals surface area contributed by atoms with Crippen LogP contribution in [0.3, 0.4) is 0 Å². The third-order valence-corrected chi connectivity index (χ3v) is 5.14. The van der Waals surface area contributed by atoms with Gasteiger partial charge in [0.05, 0.1) is 11.9 Å². The van der Waals surface area contributed by atoms with E-state index < -0.39 is 28.4 Å². The highest BCUT2D eigenvalue weighted by Gasteiger charge is 2.22. The highest BCUT2D eigenvalue weighted by Crippen LogP contribution is 2.21. The molecule has 0 heterocycles. The Kier molecular flexibility index (Phi) is 6.57. The van der Waals surface area contributed by atoms with Crippen LogP contribution in [0.5, 0.6) is 0 Å². The number of hydrazine groups is 1. The van der Waals surface area contributed by atoms with E-state index in [1.165, 1.54) is 0 Å². The van der Waals surface area contributed by atoms with Crippen LogP contribution in [0, 0.1) is 6.92 Å². The van der Waals surface area contributed by atoms with Gasteiger partial charge in [0, 0.05) is 5.56 Å². The first-order chi connectivity index (χ1) is 12.7. The van der Waals surface area contributed by atoms with E-state index in [0.717, 1.165) is 28.1 Å². The number of amides is 2. The fourth-order valence-electron chi connectivity index (χ4n) is 2.48. The van der Waals surface area contributed by atoms with Gasteiger partial charge >= 0.3 is 0 Å². The normalized spacial score (nSPS) is 10.9. The Morgan fingerprint density at radius 1 is 1.00 bits per heavy atom. The van der Waals surface area contributed by atoms with Crippen LogP contribution in [0.2, 0.25) is 0 Å². The largest absolute Gasteiger partial charge is 0.271 e. The van der Waals surface area contributed by atoms with Crippen LogP contribution in [-0.2, 0) is 21.2 Å². The first kappa shape index (κ1) is 20.4. The Bertz CT molecular complexity index is 924. The number of hydrogen-bond donors (Lipinski definition) is 2. The Balaban J connectivity index is 2.03. The molecule has 2 aromatic rings. The Morgan fingerprint density at radius 2 is 1.63 bits per heavy atom. The number of para-hydroxylation sites is 1. The molecule has 144 valence electrons. The van der Waals surface area contributed by atoms with E-state index in [9.17, 15) is 18.0 Å². The monoisotopic (exact) mass is 389 g/mol. The Morgan fingerprint density at radius 3 is 2.19 bits per heavy atom. The topological polar surface area (TPSA) is 95.6 Å². The molecule has 0 fully saturated rings. The molecule has 2 amide bonds. The van der Waals surface area contributed by atoms with Gasteiger partial charge < -0.3 is 0 Å². The molecule has 0 spiro atoms. The molecule has 0 aliphatic carbocycles. The van der Waals surface area contributed by atoms with Gasteiger partial charge in [-0.15, -0.1) is 0 Å². The number of anilines is 1. The van der Waals surface area contributed by atoms with Gasteiger partial charge in [-0.05, 0) is 42.7 Å². The fraction of sp³-hybridized carbons (Fsp3) is 0.263. The molecule has 0 saturated heterocycles. The molecular weight excluding hydrogens is 366 g/mol. The molecule has 0 unspecified atom stereocenters. The molecule has 2 N–H and O–H groups in total. The molecule has 0 atom stereocenters. The van der Waals surface area contributed by atoms with Crippen molar-refractivity contribution in [1.82, 2.24) is 10.9 Å². The summed E-state index contributed by atoms with van der Waals surface area (Å²) >= 11 is 0. The van der Waals surface area contributed by atoms with E-state index in [4.69, 9.17) is 0 Å². The maximum absolute atomic E-state index is 12.2. The average Bonchev–Trinajstić information content (AvgIpc) is 2.64. The van der Waals surface area contributed by atoms with E-state index in [1.807, 2.05) is 19.1 Å². The van der Waals surface area contributed by atoms with Crippen molar-refractivity contribution in [2.24, 2.45) is 0 Å². The number of sulfonamides is 1. The van der Waals surface area contributed by atoms with Crippen molar-refractivity contribution in [2.45, 2.75) is 20.3 Å². The molecule has 0 aliphatic heterocycles. The van der Waals surface area contributed by atoms with E-state index in [0.29, 0.717) is 11.3 Å². The van der Waals surface area contributed by atoms with Crippen molar-refractivity contribution in [3.8, 4) is 0 Å². The summed E-state index contributed by atoms with van der Waals surface area (Å²) in [6.45, 7) is 3.32. The lowest BCUT2D eigenvalue weighted by molar-refractivity contribution is -0.120. The number of carbonyl (C=O) groups excluding carboxylic acids is 2. The lowest BCUT2D eigenvalue weighted by Crippen LogP contribution is -2.47. The third kappa shape index (κ3) is 5.55. The summed E-state index contributed by atoms with van der Waals surface area (Å²) in [7, 11) is -3.67. The van der Waals surface area contributed by atoms with Crippen molar-refractivity contribution in [3.63, 3.8) is 0 Å². The highest BCUT2D eigenvalue weighted by molar-refractivity contribution is 7.92. The van der Waals surface area contributed by atoms with Gasteiger partial charge in [0.25, 0.3) is 11.8 Å². The summed E-state index contributed by atoms with van der Waals surface area (Å²) in [6.07, 6.45) is 1.89. The molecular formula is C19H23N3O4S. The van der Waals surface area contributed by atoms with Crippen LogP contribution in [0.25, 0.3) is 0 Å². The molecule has 0 saturated carbocycles. The van der Waals surface area contributed by atoms with E-state index >= 15 is 0 Å². The van der Waals surface area contributed by atoms with E-state index in [1.54, 1.807) is 43.3 Å². The molecule has 2 aromatic carbocycles. The SMILES string of the molecule is CCc1ccc(C(=O)NNC(=O)CN(c2ccccc2C)S(C)(=O)=O)cc1. The minimum atomic E-state index is -3.67. The summed E-state index contributed by atoms with van der Waals surface area (Å²) < 4.78 is 25.2. The minimum absolute atomic E-state index is 0.395. The summed E-state index contributed by atoms with van der Waals surface area (Å²) in [5.41, 5.74) is 7.18. The van der Waals surface area contributed by atoms with Crippen molar-refractivity contribution < 1.29 is 18.0 Å². The van der Waals surface area contributed by atoms with Crippen molar-refractivity contribution in [1.29, 1.82) is 0 Å². The lowest BCUT2D eigenvalue weighted by Gasteiger charge is -2.23. The third-order valence-electron chi connectivity index (χ3n) is 4.01. The molecule has 27 heavy (non-hydrogen) atoms. The van der Waals surface area contributed by atoms with Crippen LogP contribution in [0.4, 0.5) is 5.69 Å². The molecule has 0 bridgehead atoms. The van der Waals surface area contributed by atoms with Gasteiger partial charge in [-0.2, -0.15) is 0 Å². The first-order valence-corrected chi connectivity index (χ1v) is 10.3. The number of benzene rings is 2. The fourth-order valence-corrected chi connectivity index (χ4v) is 3.40. The zero-order valence-electron chi connectivity index (χ0n) is 15.5. The second-order valence-electron chi connectivity index (χ2n) is 6.11. The maximum atomic E-state index is 12.2. The number of rotatable bonds is 6. The van der Waals surface area contributed by atoms with Crippen LogP contribution >= 0.6 is 0 Å². The quantitative estimate of drug-likeness (QED) is 0.736. The van der Waals surface area contributed by atoms with Gasteiger partial charge in [-0.1, -0.05) is 37.3 Å². The summed E-state index contributed by atoms with van der Waals surface area (Å²) in [4.78, 5) is 24.3. The first-order valence-electron chi connectivity index (χ1n) is 8.44. The Labute approximate surface area is 159 Å². The van der Waals surface area contributed by atoms with Gasteiger partial charge in [0.2, 0.25) is 10.0 Å². The van der Waals surface area contributed by atoms with Gasteiger partial charge in [0.15, 0.2) is 0 Å². The number of aryl methyl sites for hydroxylation is 2. The van der Waals surface area contributed by atoms with Crippen molar-refractivity contribution in [3.05, 3.63) is 65.2 Å². The molecule has 0 radical (unpaired) electrons. The van der Waals surface area contributed by atoms with Crippen molar-refractivity contribution >= 4 is 27.5 Å². The second-order valence-corrected chi connectivity index (χ2v) is 8.02. The molecule has 7 nitrogen and oxygen atoms in total. The van der Waals surface area contributed by atoms with Crippen LogP contribution in [0.1, 0.15) is 28.4 Å². The predicted molar refractivity (Wildman–Crippen MR) is 105 cm³/mol. The summed E-state index contributed by atoms with van der Waals surface area (Å²) in [6, 6.07) is 13.8. The molecule has 0 aromatic heterocycles. The van der Waals surface area contributed by atoms with Crippen LogP contribution in [-0.4, -0.2) is 33.0 Å². The second kappa shape index (κ2) is 8.68. The number of carbonyl (C=O) groups is 2. The standard InChI is InChI=1S/C19H23N3O4S/c1-4-15-9-11-16(12-10-15)19(24)21-20-18(23)13-22(27(3,25)26)17-8-6-5-7-14(17)2/h5-12H,4,13H2,1-3H3,(H,20,23)(H,21,24). The maximum Gasteiger partial charge on any atom is 0.269 e. The summed E-state index contributed by atoms with van der Waals surface area (Å²) in [5, 5.41) is 0. The minimum Gasteiger partial charge on any atom is -0.271 e. The smallest absolute Gasteiger partial charge is 0.269 e. The lowest BCUT2D eigenvalue weighted by atomic mass is 10.1. The Hall–Kier alpha value is -2.87. The van der Waals surface area contributed by atoms with E-state index in [-0.39, 0.29) is 0 Å². The molecule has 8 heteroatoms. The summed E-state index contributed by atoms with van der Waals surface area (Å²) in [5.74, 6) is -1.13. The average molecular weight is 389 g/mol. The number of nitrogens with one attached hydrogen (secondary N) is 2. The molecule has 0 aliphatic rings. The molecule has 2 rings (SSSR count).